The second kappa shape index (κ2) is 6.70. The van der Waals surface area contributed by atoms with Crippen LogP contribution in [0.25, 0.3) is 0 Å². The predicted octanol–water partition coefficient (Wildman–Crippen LogP) is 2.68. The summed E-state index contributed by atoms with van der Waals surface area (Å²) in [6.07, 6.45) is 3.66. The van der Waals surface area contributed by atoms with E-state index < -0.39 is 0 Å². The minimum atomic E-state index is 0.395. The average Bonchev–Trinajstić information content (AvgIpc) is 2.48. The van der Waals surface area contributed by atoms with Crippen molar-refractivity contribution in [2.45, 2.75) is 32.2 Å². The van der Waals surface area contributed by atoms with E-state index in [0.29, 0.717) is 6.04 Å². The van der Waals surface area contributed by atoms with E-state index in [1.54, 1.807) is 0 Å². The molecule has 0 amide bonds. The zero-order chi connectivity index (χ0) is 13.7. The van der Waals surface area contributed by atoms with Gasteiger partial charge in [0.15, 0.2) is 0 Å². The Morgan fingerprint density at radius 2 is 2.16 bits per heavy atom. The smallest absolute Gasteiger partial charge is 0.0991 e. The van der Waals surface area contributed by atoms with E-state index >= 15 is 0 Å². The van der Waals surface area contributed by atoms with Gasteiger partial charge < -0.3 is 5.73 Å². The Kier molecular flexibility index (Phi) is 4.95. The molecule has 0 aromatic heterocycles. The van der Waals surface area contributed by atoms with Crippen molar-refractivity contribution in [1.29, 1.82) is 5.26 Å². The van der Waals surface area contributed by atoms with E-state index in [4.69, 9.17) is 11.0 Å². The molecule has 19 heavy (non-hydrogen) atoms. The number of hydrogen-bond acceptors (Lipinski definition) is 3. The number of hydrogen-bond donors (Lipinski definition) is 1. The molecule has 0 aliphatic carbocycles. The molecule has 1 unspecified atom stereocenters. The van der Waals surface area contributed by atoms with Crippen molar-refractivity contribution >= 4 is 0 Å². The Morgan fingerprint density at radius 3 is 2.79 bits per heavy atom. The molecule has 0 radical (unpaired) electrons. The molecular weight excluding hydrogens is 234 g/mol. The Morgan fingerprint density at radius 1 is 1.42 bits per heavy atom. The SMILES string of the molecule is CC(c1cccc(C#N)c1)N1CCC(CCN)CC1. The maximum Gasteiger partial charge on any atom is 0.0991 e. The third-order valence-corrected chi connectivity index (χ3v) is 4.27. The lowest BCUT2D eigenvalue weighted by Gasteiger charge is -2.36. The zero-order valence-corrected chi connectivity index (χ0v) is 11.7. The van der Waals surface area contributed by atoms with Crippen LogP contribution in [0.1, 0.15) is 43.4 Å². The largest absolute Gasteiger partial charge is 0.330 e. The topological polar surface area (TPSA) is 53.0 Å². The summed E-state index contributed by atoms with van der Waals surface area (Å²) < 4.78 is 0. The van der Waals surface area contributed by atoms with Gasteiger partial charge in [-0.3, -0.25) is 4.90 Å². The van der Waals surface area contributed by atoms with E-state index in [1.165, 1.54) is 18.4 Å². The summed E-state index contributed by atoms with van der Waals surface area (Å²) in [4.78, 5) is 2.52. The van der Waals surface area contributed by atoms with Gasteiger partial charge in [-0.25, -0.2) is 0 Å². The van der Waals surface area contributed by atoms with Crippen molar-refractivity contribution in [2.24, 2.45) is 11.7 Å². The first-order valence-corrected chi connectivity index (χ1v) is 7.18. The van der Waals surface area contributed by atoms with Crippen molar-refractivity contribution in [3.05, 3.63) is 35.4 Å². The number of piperidine rings is 1. The molecule has 1 atom stereocenters. The highest BCUT2D eigenvalue weighted by molar-refractivity contribution is 5.34. The summed E-state index contributed by atoms with van der Waals surface area (Å²) in [6.45, 7) is 5.33. The van der Waals surface area contributed by atoms with E-state index in [1.807, 2.05) is 18.2 Å². The highest BCUT2D eigenvalue weighted by Crippen LogP contribution is 2.27. The fourth-order valence-corrected chi connectivity index (χ4v) is 2.94. The molecule has 1 aromatic rings. The van der Waals surface area contributed by atoms with E-state index in [2.05, 4.69) is 24.0 Å². The fraction of sp³-hybridized carbons (Fsp3) is 0.562. The Balaban J connectivity index is 1.97. The number of nitriles is 1. The maximum atomic E-state index is 8.97. The monoisotopic (exact) mass is 257 g/mol. The summed E-state index contributed by atoms with van der Waals surface area (Å²) in [5.41, 5.74) is 7.63. The molecule has 2 rings (SSSR count). The average molecular weight is 257 g/mol. The van der Waals surface area contributed by atoms with Gasteiger partial charge in [0.2, 0.25) is 0 Å². The summed E-state index contributed by atoms with van der Waals surface area (Å²) in [6, 6.07) is 10.6. The second-order valence-corrected chi connectivity index (χ2v) is 5.47. The maximum absolute atomic E-state index is 8.97. The fourth-order valence-electron chi connectivity index (χ4n) is 2.94. The summed E-state index contributed by atoms with van der Waals surface area (Å²) in [5.74, 6) is 0.805. The van der Waals surface area contributed by atoms with Gasteiger partial charge in [-0.05, 0) is 69.4 Å². The van der Waals surface area contributed by atoms with Crippen molar-refractivity contribution < 1.29 is 0 Å². The highest BCUT2D eigenvalue weighted by Gasteiger charge is 2.23. The van der Waals surface area contributed by atoms with Crippen LogP contribution in [-0.2, 0) is 0 Å². The molecule has 1 aromatic carbocycles. The number of rotatable bonds is 4. The summed E-state index contributed by atoms with van der Waals surface area (Å²) >= 11 is 0. The van der Waals surface area contributed by atoms with Crippen molar-refractivity contribution in [1.82, 2.24) is 4.90 Å². The Bertz CT molecular complexity index is 442. The van der Waals surface area contributed by atoms with Crippen LogP contribution in [0, 0.1) is 17.2 Å². The molecule has 1 aliphatic heterocycles. The number of nitrogens with zero attached hydrogens (tertiary/aromatic N) is 2. The molecule has 1 aliphatic rings. The molecule has 1 heterocycles. The minimum absolute atomic E-state index is 0.395. The molecule has 0 saturated carbocycles. The lowest BCUT2D eigenvalue weighted by Crippen LogP contribution is -2.36. The standard InChI is InChI=1S/C16H23N3/c1-13(16-4-2-3-15(11-16)12-18)19-9-6-14(5-8-17)7-10-19/h2-4,11,13-14H,5-10,17H2,1H3. The highest BCUT2D eigenvalue weighted by atomic mass is 15.2. The van der Waals surface area contributed by atoms with Gasteiger partial charge in [0.1, 0.15) is 0 Å². The first-order valence-electron chi connectivity index (χ1n) is 7.18. The molecule has 102 valence electrons. The molecule has 0 spiro atoms. The molecule has 0 bridgehead atoms. The van der Waals surface area contributed by atoms with Gasteiger partial charge in [0.05, 0.1) is 11.6 Å². The van der Waals surface area contributed by atoms with Gasteiger partial charge in [0, 0.05) is 6.04 Å². The zero-order valence-electron chi connectivity index (χ0n) is 11.7. The van der Waals surface area contributed by atoms with Crippen LogP contribution in [0.15, 0.2) is 24.3 Å². The van der Waals surface area contributed by atoms with Crippen molar-refractivity contribution in [3.63, 3.8) is 0 Å². The molecule has 3 nitrogen and oxygen atoms in total. The second-order valence-electron chi connectivity index (χ2n) is 5.47. The van der Waals surface area contributed by atoms with E-state index in [0.717, 1.165) is 37.5 Å². The molecular formula is C16H23N3. The van der Waals surface area contributed by atoms with E-state index in [9.17, 15) is 0 Å². The van der Waals surface area contributed by atoms with Crippen LogP contribution in [0.4, 0.5) is 0 Å². The number of nitrogens with two attached hydrogens (primary N) is 1. The van der Waals surface area contributed by atoms with Crippen LogP contribution >= 0.6 is 0 Å². The van der Waals surface area contributed by atoms with Gasteiger partial charge in [-0.2, -0.15) is 5.26 Å². The van der Waals surface area contributed by atoms with Gasteiger partial charge in [-0.1, -0.05) is 12.1 Å². The number of likely N-dealkylation sites (tertiary alicyclic amines) is 1. The van der Waals surface area contributed by atoms with Crippen molar-refractivity contribution in [2.75, 3.05) is 19.6 Å². The number of benzene rings is 1. The molecule has 1 fully saturated rings. The molecule has 3 heteroatoms. The van der Waals surface area contributed by atoms with Crippen LogP contribution in [0.2, 0.25) is 0 Å². The summed E-state index contributed by atoms with van der Waals surface area (Å²) in [7, 11) is 0. The van der Waals surface area contributed by atoms with Gasteiger partial charge >= 0.3 is 0 Å². The normalized spacial score (nSPS) is 19.0. The van der Waals surface area contributed by atoms with Crippen LogP contribution in [0.5, 0.6) is 0 Å². The molecule has 1 saturated heterocycles. The third kappa shape index (κ3) is 3.56. The third-order valence-electron chi connectivity index (χ3n) is 4.27. The van der Waals surface area contributed by atoms with E-state index in [-0.39, 0.29) is 0 Å². The minimum Gasteiger partial charge on any atom is -0.330 e. The first kappa shape index (κ1) is 14.0. The van der Waals surface area contributed by atoms with Crippen molar-refractivity contribution in [3.8, 4) is 6.07 Å². The van der Waals surface area contributed by atoms with Gasteiger partial charge in [-0.15, -0.1) is 0 Å². The molecule has 2 N–H and O–H groups in total. The predicted molar refractivity (Wildman–Crippen MR) is 77.5 cm³/mol. The Hall–Kier alpha value is -1.37. The quantitative estimate of drug-likeness (QED) is 0.902. The summed E-state index contributed by atoms with van der Waals surface area (Å²) in [5, 5.41) is 8.97. The van der Waals surface area contributed by atoms with Crippen LogP contribution in [0.3, 0.4) is 0 Å². The van der Waals surface area contributed by atoms with Crippen LogP contribution < -0.4 is 5.73 Å². The lowest BCUT2D eigenvalue weighted by atomic mass is 9.92. The first-order chi connectivity index (χ1) is 9.24. The van der Waals surface area contributed by atoms with Crippen LogP contribution in [-0.4, -0.2) is 24.5 Å². The Labute approximate surface area is 116 Å². The van der Waals surface area contributed by atoms with Gasteiger partial charge in [0.25, 0.3) is 0 Å². The lowest BCUT2D eigenvalue weighted by molar-refractivity contribution is 0.138.